The highest BCUT2D eigenvalue weighted by Crippen LogP contribution is 2.13. The lowest BCUT2D eigenvalue weighted by atomic mass is 10.1. The Labute approximate surface area is 97.9 Å². The number of rotatable bonds is 3. The lowest BCUT2D eigenvalue weighted by Crippen LogP contribution is -2.04. The van der Waals surface area contributed by atoms with Crippen LogP contribution >= 0.6 is 11.3 Å². The second-order valence-electron chi connectivity index (χ2n) is 3.76. The fourth-order valence-corrected chi connectivity index (χ4v) is 2.24. The molecule has 0 saturated carbocycles. The van der Waals surface area contributed by atoms with E-state index in [-0.39, 0.29) is 5.78 Å². The van der Waals surface area contributed by atoms with E-state index < -0.39 is 0 Å². The van der Waals surface area contributed by atoms with Gasteiger partial charge in [0.1, 0.15) is 0 Å². The van der Waals surface area contributed by atoms with Gasteiger partial charge < -0.3 is 0 Å². The van der Waals surface area contributed by atoms with Gasteiger partial charge in [0.25, 0.3) is 0 Å². The zero-order valence-corrected chi connectivity index (χ0v) is 10.3. The minimum absolute atomic E-state index is 0.0795. The predicted molar refractivity (Wildman–Crippen MR) is 62.8 cm³/mol. The lowest BCUT2D eigenvalue weighted by Gasteiger charge is -1.95. The summed E-state index contributed by atoms with van der Waals surface area (Å²) in [5.74, 6) is 0.0795. The van der Waals surface area contributed by atoms with Crippen molar-refractivity contribution in [2.24, 2.45) is 7.05 Å². The fraction of sp³-hybridized carbons (Fsp3) is 0.364. The van der Waals surface area contributed by atoms with Crippen LogP contribution in [0.2, 0.25) is 0 Å². The summed E-state index contributed by atoms with van der Waals surface area (Å²) in [6.07, 6.45) is 2.12. The number of hydrogen-bond donors (Lipinski definition) is 0. The summed E-state index contributed by atoms with van der Waals surface area (Å²) >= 11 is 1.57. The first-order valence-electron chi connectivity index (χ1n) is 5.00. The van der Waals surface area contributed by atoms with Crippen LogP contribution in [0.25, 0.3) is 0 Å². The van der Waals surface area contributed by atoms with Crippen molar-refractivity contribution >= 4 is 17.1 Å². The van der Waals surface area contributed by atoms with Crippen molar-refractivity contribution in [1.82, 2.24) is 14.8 Å². The molecule has 0 amide bonds. The SMILES string of the molecule is Cc1nc(CC(=O)c2cn(C)nc2C)cs1. The maximum atomic E-state index is 12.0. The zero-order valence-electron chi connectivity index (χ0n) is 9.52. The van der Waals surface area contributed by atoms with E-state index in [0.29, 0.717) is 12.0 Å². The lowest BCUT2D eigenvalue weighted by molar-refractivity contribution is 0.0991. The molecule has 0 saturated heterocycles. The van der Waals surface area contributed by atoms with Crippen LogP contribution in [0.5, 0.6) is 0 Å². The summed E-state index contributed by atoms with van der Waals surface area (Å²) in [4.78, 5) is 16.3. The van der Waals surface area contributed by atoms with Crippen molar-refractivity contribution in [3.8, 4) is 0 Å². The largest absolute Gasteiger partial charge is 0.294 e. The third kappa shape index (κ3) is 2.19. The standard InChI is InChI=1S/C11H13N3OS/c1-7-10(5-14(3)13-7)11(15)4-9-6-16-8(2)12-9/h5-6H,4H2,1-3H3. The van der Waals surface area contributed by atoms with Crippen LogP contribution < -0.4 is 0 Å². The highest BCUT2D eigenvalue weighted by atomic mass is 32.1. The number of Topliss-reactive ketones (excluding diaryl/α,β-unsaturated/α-hetero) is 1. The Morgan fingerprint density at radius 3 is 2.75 bits per heavy atom. The topological polar surface area (TPSA) is 47.8 Å². The molecule has 0 N–H and O–H groups in total. The fourth-order valence-electron chi connectivity index (χ4n) is 1.62. The van der Waals surface area contributed by atoms with Crippen molar-refractivity contribution in [1.29, 1.82) is 0 Å². The summed E-state index contributed by atoms with van der Waals surface area (Å²) < 4.78 is 1.66. The maximum Gasteiger partial charge on any atom is 0.172 e. The van der Waals surface area contributed by atoms with Crippen molar-refractivity contribution in [3.63, 3.8) is 0 Å². The van der Waals surface area contributed by atoms with E-state index in [1.54, 1.807) is 22.2 Å². The van der Waals surface area contributed by atoms with Gasteiger partial charge in [0.2, 0.25) is 0 Å². The summed E-state index contributed by atoms with van der Waals surface area (Å²) in [5, 5.41) is 7.08. The summed E-state index contributed by atoms with van der Waals surface area (Å²) in [6.45, 7) is 3.79. The number of hydrogen-bond acceptors (Lipinski definition) is 4. The molecule has 0 aromatic carbocycles. The number of aromatic nitrogens is 3. The molecule has 0 aliphatic heterocycles. The van der Waals surface area contributed by atoms with Gasteiger partial charge in [0.05, 0.1) is 28.4 Å². The molecule has 0 aliphatic rings. The van der Waals surface area contributed by atoms with Gasteiger partial charge in [0, 0.05) is 18.6 Å². The average molecular weight is 235 g/mol. The van der Waals surface area contributed by atoms with Crippen molar-refractivity contribution in [2.75, 3.05) is 0 Å². The third-order valence-corrected chi connectivity index (χ3v) is 3.14. The Balaban J connectivity index is 2.17. The monoisotopic (exact) mass is 235 g/mol. The number of nitrogens with zero attached hydrogens (tertiary/aromatic N) is 3. The van der Waals surface area contributed by atoms with Gasteiger partial charge in [-0.1, -0.05) is 0 Å². The van der Waals surface area contributed by atoms with Gasteiger partial charge >= 0.3 is 0 Å². The predicted octanol–water partition coefficient (Wildman–Crippen LogP) is 1.92. The Hall–Kier alpha value is -1.49. The molecule has 0 fully saturated rings. The maximum absolute atomic E-state index is 12.0. The van der Waals surface area contributed by atoms with Gasteiger partial charge in [-0.2, -0.15) is 5.10 Å². The molecule has 0 radical (unpaired) electrons. The number of carbonyl (C=O) groups is 1. The molecule has 2 aromatic heterocycles. The third-order valence-electron chi connectivity index (χ3n) is 2.32. The molecule has 84 valence electrons. The molecule has 0 spiro atoms. The molecule has 0 aliphatic carbocycles. The molecular formula is C11H13N3OS. The smallest absolute Gasteiger partial charge is 0.172 e. The Bertz CT molecular complexity index is 527. The molecule has 16 heavy (non-hydrogen) atoms. The van der Waals surface area contributed by atoms with E-state index in [2.05, 4.69) is 10.1 Å². The molecule has 0 bridgehead atoms. The molecule has 4 nitrogen and oxygen atoms in total. The van der Waals surface area contributed by atoms with Crippen LogP contribution in [-0.4, -0.2) is 20.5 Å². The average Bonchev–Trinajstić information content (AvgIpc) is 2.73. The normalized spacial score (nSPS) is 10.7. The zero-order chi connectivity index (χ0) is 11.7. The first-order valence-corrected chi connectivity index (χ1v) is 5.88. The molecule has 0 unspecified atom stereocenters. The van der Waals surface area contributed by atoms with Crippen molar-refractivity contribution < 1.29 is 4.79 Å². The second-order valence-corrected chi connectivity index (χ2v) is 4.82. The number of carbonyl (C=O) groups excluding carboxylic acids is 1. The molecular weight excluding hydrogens is 222 g/mol. The van der Waals surface area contributed by atoms with E-state index in [1.807, 2.05) is 26.3 Å². The van der Waals surface area contributed by atoms with Crippen LogP contribution in [0.4, 0.5) is 0 Å². The minimum Gasteiger partial charge on any atom is -0.294 e. The highest BCUT2D eigenvalue weighted by molar-refractivity contribution is 7.09. The van der Waals surface area contributed by atoms with Gasteiger partial charge in [-0.05, 0) is 13.8 Å². The number of thiazole rings is 1. The van der Waals surface area contributed by atoms with E-state index in [0.717, 1.165) is 16.4 Å². The van der Waals surface area contributed by atoms with Gasteiger partial charge in [-0.25, -0.2) is 4.98 Å². The molecule has 2 aromatic rings. The highest BCUT2D eigenvalue weighted by Gasteiger charge is 2.14. The van der Waals surface area contributed by atoms with E-state index in [4.69, 9.17) is 0 Å². The van der Waals surface area contributed by atoms with Gasteiger partial charge in [-0.15, -0.1) is 11.3 Å². The van der Waals surface area contributed by atoms with Crippen molar-refractivity contribution in [3.05, 3.63) is 33.5 Å². The van der Waals surface area contributed by atoms with Crippen LogP contribution in [-0.2, 0) is 13.5 Å². The summed E-state index contributed by atoms with van der Waals surface area (Å²) in [6, 6.07) is 0. The first kappa shape index (κ1) is 11.0. The number of aryl methyl sites for hydroxylation is 3. The van der Waals surface area contributed by atoms with Crippen LogP contribution in [0.15, 0.2) is 11.6 Å². The van der Waals surface area contributed by atoms with E-state index >= 15 is 0 Å². The molecule has 5 heteroatoms. The van der Waals surface area contributed by atoms with Gasteiger partial charge in [-0.3, -0.25) is 9.48 Å². The van der Waals surface area contributed by atoms with E-state index in [9.17, 15) is 4.79 Å². The second kappa shape index (κ2) is 4.17. The number of ketones is 1. The molecule has 0 atom stereocenters. The quantitative estimate of drug-likeness (QED) is 0.764. The van der Waals surface area contributed by atoms with Crippen molar-refractivity contribution in [2.45, 2.75) is 20.3 Å². The van der Waals surface area contributed by atoms with Crippen LogP contribution in [0.1, 0.15) is 26.8 Å². The summed E-state index contributed by atoms with van der Waals surface area (Å²) in [7, 11) is 1.82. The van der Waals surface area contributed by atoms with E-state index in [1.165, 1.54) is 0 Å². The Morgan fingerprint density at radius 2 is 2.25 bits per heavy atom. The van der Waals surface area contributed by atoms with Crippen LogP contribution in [0, 0.1) is 13.8 Å². The first-order chi connectivity index (χ1) is 7.56. The van der Waals surface area contributed by atoms with Crippen LogP contribution in [0.3, 0.4) is 0 Å². The summed E-state index contributed by atoms with van der Waals surface area (Å²) in [5.41, 5.74) is 2.31. The minimum atomic E-state index is 0.0795. The molecule has 2 rings (SSSR count). The molecule has 2 heterocycles. The van der Waals surface area contributed by atoms with Gasteiger partial charge in [0.15, 0.2) is 5.78 Å². The Morgan fingerprint density at radius 1 is 1.50 bits per heavy atom. The Kier molecular flexibility index (Phi) is 2.87.